The summed E-state index contributed by atoms with van der Waals surface area (Å²) in [6.07, 6.45) is 6.30. The third-order valence-electron chi connectivity index (χ3n) is 5.93. The van der Waals surface area contributed by atoms with Gasteiger partial charge < -0.3 is 13.6 Å². The SMILES string of the molecule is C=C(/N=C/c1cc(Cl)ccc1O[C@H]1CC[C@H](O[Si](C)(C)C(C)(C)C)CC1)O[Si](C)(C)C. The van der Waals surface area contributed by atoms with E-state index in [9.17, 15) is 0 Å². The van der Waals surface area contributed by atoms with Crippen LogP contribution in [-0.2, 0) is 8.85 Å². The van der Waals surface area contributed by atoms with E-state index in [4.69, 9.17) is 25.2 Å². The van der Waals surface area contributed by atoms with Crippen LogP contribution in [0.25, 0.3) is 0 Å². The van der Waals surface area contributed by atoms with Gasteiger partial charge in [-0.15, -0.1) is 0 Å². The lowest BCUT2D eigenvalue weighted by atomic mass is 9.95. The highest BCUT2D eigenvalue weighted by Crippen LogP contribution is 2.39. The van der Waals surface area contributed by atoms with Crippen molar-refractivity contribution in [3.63, 3.8) is 0 Å². The van der Waals surface area contributed by atoms with Gasteiger partial charge in [-0.05, 0) is 88.2 Å². The van der Waals surface area contributed by atoms with Gasteiger partial charge in [0.15, 0.2) is 14.2 Å². The number of halogens is 1. The van der Waals surface area contributed by atoms with E-state index in [1.54, 1.807) is 6.21 Å². The van der Waals surface area contributed by atoms with Crippen LogP contribution in [0.2, 0.25) is 42.8 Å². The van der Waals surface area contributed by atoms with E-state index in [2.05, 4.69) is 65.1 Å². The van der Waals surface area contributed by atoms with Gasteiger partial charge in [0, 0.05) is 22.9 Å². The molecule has 0 saturated heterocycles. The molecule has 1 aromatic rings. The van der Waals surface area contributed by atoms with E-state index in [0.717, 1.165) is 37.0 Å². The lowest BCUT2D eigenvalue weighted by molar-refractivity contribution is 0.0725. The molecule has 1 aliphatic carbocycles. The Balaban J connectivity index is 1.99. The van der Waals surface area contributed by atoms with Crippen LogP contribution in [0.4, 0.5) is 0 Å². The molecule has 0 amide bonds. The molecule has 1 fully saturated rings. The quantitative estimate of drug-likeness (QED) is 0.216. The van der Waals surface area contributed by atoms with Crippen LogP contribution in [0, 0.1) is 0 Å². The largest absolute Gasteiger partial charge is 0.532 e. The maximum Gasteiger partial charge on any atom is 0.244 e. The molecule has 0 aromatic heterocycles. The molecule has 174 valence electrons. The maximum absolute atomic E-state index is 6.61. The molecule has 0 unspecified atom stereocenters. The summed E-state index contributed by atoms with van der Waals surface area (Å²) >= 11 is 6.22. The predicted molar refractivity (Wildman–Crippen MR) is 138 cm³/mol. The molecular weight excluding hydrogens is 442 g/mol. The van der Waals surface area contributed by atoms with Crippen LogP contribution in [0.1, 0.15) is 52.0 Å². The zero-order chi connectivity index (χ0) is 23.4. The molecule has 0 spiro atoms. The molecule has 1 aromatic carbocycles. The zero-order valence-corrected chi connectivity index (χ0v) is 23.3. The number of nitrogens with zero attached hydrogens (tertiary/aromatic N) is 1. The minimum Gasteiger partial charge on any atom is -0.532 e. The lowest BCUT2D eigenvalue weighted by Gasteiger charge is -2.41. The van der Waals surface area contributed by atoms with Crippen LogP contribution in [0.15, 0.2) is 35.7 Å². The summed E-state index contributed by atoms with van der Waals surface area (Å²) in [5.74, 6) is 1.22. The monoisotopic (exact) mass is 481 g/mol. The molecule has 0 N–H and O–H groups in total. The average Bonchev–Trinajstić information content (AvgIpc) is 2.61. The molecule has 7 heteroatoms. The van der Waals surface area contributed by atoms with Crippen molar-refractivity contribution in [1.82, 2.24) is 0 Å². The summed E-state index contributed by atoms with van der Waals surface area (Å²) in [6.45, 7) is 21.8. The summed E-state index contributed by atoms with van der Waals surface area (Å²) in [6, 6.07) is 5.65. The van der Waals surface area contributed by atoms with Gasteiger partial charge in [-0.1, -0.05) is 32.4 Å². The molecular formula is C24H40ClNO3Si2. The molecule has 2 rings (SSSR count). The molecule has 31 heavy (non-hydrogen) atoms. The lowest BCUT2D eigenvalue weighted by Crippen LogP contribution is -2.45. The summed E-state index contributed by atoms with van der Waals surface area (Å²) < 4.78 is 18.8. The first kappa shape index (κ1) is 26.2. The molecule has 0 radical (unpaired) electrons. The van der Waals surface area contributed by atoms with Gasteiger partial charge in [0.2, 0.25) is 8.32 Å². The van der Waals surface area contributed by atoms with Crippen molar-refractivity contribution >= 4 is 34.5 Å². The van der Waals surface area contributed by atoms with Gasteiger partial charge in [0.1, 0.15) is 5.75 Å². The Labute approximate surface area is 196 Å². The Morgan fingerprint density at radius 2 is 1.65 bits per heavy atom. The first-order valence-corrected chi connectivity index (χ1v) is 17.9. The van der Waals surface area contributed by atoms with Crippen molar-refractivity contribution in [3.8, 4) is 5.75 Å². The van der Waals surface area contributed by atoms with E-state index in [-0.39, 0.29) is 11.1 Å². The Morgan fingerprint density at radius 3 is 2.19 bits per heavy atom. The highest BCUT2D eigenvalue weighted by Gasteiger charge is 2.40. The molecule has 0 aliphatic heterocycles. The van der Waals surface area contributed by atoms with Crippen molar-refractivity contribution in [2.24, 2.45) is 4.99 Å². The third-order valence-corrected chi connectivity index (χ3v) is 11.5. The van der Waals surface area contributed by atoms with Crippen LogP contribution in [0.3, 0.4) is 0 Å². The van der Waals surface area contributed by atoms with Crippen molar-refractivity contribution in [3.05, 3.63) is 41.2 Å². The average molecular weight is 482 g/mol. The Kier molecular flexibility index (Phi) is 8.64. The fraction of sp³-hybridized carbons (Fsp3) is 0.625. The first-order valence-electron chi connectivity index (χ1n) is 11.2. The van der Waals surface area contributed by atoms with E-state index in [0.29, 0.717) is 17.0 Å². The van der Waals surface area contributed by atoms with Gasteiger partial charge >= 0.3 is 0 Å². The maximum atomic E-state index is 6.61. The topological polar surface area (TPSA) is 40.0 Å². The second-order valence-corrected chi connectivity index (χ2v) is 20.6. The van der Waals surface area contributed by atoms with E-state index >= 15 is 0 Å². The molecule has 1 aliphatic rings. The Hall–Kier alpha value is -1.09. The normalized spacial score (nSPS) is 20.7. The number of aliphatic imine (C=N–C) groups is 1. The van der Waals surface area contributed by atoms with Crippen LogP contribution in [-0.4, -0.2) is 35.1 Å². The van der Waals surface area contributed by atoms with Crippen molar-refractivity contribution in [2.75, 3.05) is 0 Å². The second kappa shape index (κ2) is 10.2. The van der Waals surface area contributed by atoms with E-state index in [1.807, 2.05) is 18.2 Å². The summed E-state index contributed by atoms with van der Waals surface area (Å²) in [5.41, 5.74) is 0.840. The first-order chi connectivity index (χ1) is 14.2. The van der Waals surface area contributed by atoms with E-state index < -0.39 is 16.6 Å². The minimum atomic E-state index is -1.73. The number of benzene rings is 1. The minimum absolute atomic E-state index is 0.175. The van der Waals surface area contributed by atoms with Crippen molar-refractivity contribution in [1.29, 1.82) is 0 Å². The fourth-order valence-corrected chi connectivity index (χ4v) is 5.65. The molecule has 0 heterocycles. The van der Waals surface area contributed by atoms with Gasteiger partial charge in [-0.3, -0.25) is 0 Å². The molecule has 0 atom stereocenters. The number of hydrogen-bond donors (Lipinski definition) is 0. The molecule has 4 nitrogen and oxygen atoms in total. The standard InChI is InChI=1S/C24H40ClNO3Si2/c1-18(28-30(5,6)7)26-17-19-16-20(25)10-15-23(19)27-21-11-13-22(14-12-21)29-31(8,9)24(2,3)4/h10,15-17,21-22H,1,11-14H2,2-9H3/b26-17+/t21-,22-. The summed E-state index contributed by atoms with van der Waals surface area (Å²) in [4.78, 5) is 4.39. The van der Waals surface area contributed by atoms with Gasteiger partial charge in [0.25, 0.3) is 0 Å². The number of hydrogen-bond acceptors (Lipinski definition) is 4. The highest BCUT2D eigenvalue weighted by atomic mass is 35.5. The van der Waals surface area contributed by atoms with Crippen molar-refractivity contribution < 1.29 is 13.6 Å². The Morgan fingerprint density at radius 1 is 1.06 bits per heavy atom. The van der Waals surface area contributed by atoms with E-state index in [1.165, 1.54) is 0 Å². The second-order valence-electron chi connectivity index (χ2n) is 10.9. The van der Waals surface area contributed by atoms with Gasteiger partial charge in [-0.2, -0.15) is 0 Å². The number of rotatable bonds is 8. The summed E-state index contributed by atoms with van der Waals surface area (Å²) in [5, 5.41) is 0.887. The smallest absolute Gasteiger partial charge is 0.244 e. The van der Waals surface area contributed by atoms with Crippen LogP contribution >= 0.6 is 11.6 Å². The summed E-state index contributed by atoms with van der Waals surface area (Å²) in [7, 11) is -3.47. The van der Waals surface area contributed by atoms with Crippen molar-refractivity contribution in [2.45, 2.75) is 96.4 Å². The fourth-order valence-electron chi connectivity index (χ4n) is 3.29. The Bertz CT molecular complexity index is 789. The third kappa shape index (κ3) is 8.41. The zero-order valence-electron chi connectivity index (χ0n) is 20.5. The molecule has 1 saturated carbocycles. The van der Waals surface area contributed by atoms with Crippen LogP contribution in [0.5, 0.6) is 5.75 Å². The van der Waals surface area contributed by atoms with Gasteiger partial charge in [0.05, 0.1) is 6.10 Å². The molecule has 0 bridgehead atoms. The van der Waals surface area contributed by atoms with Gasteiger partial charge in [-0.25, -0.2) is 4.99 Å². The highest BCUT2D eigenvalue weighted by molar-refractivity contribution is 6.74. The number of ether oxygens (including phenoxy) is 1. The van der Waals surface area contributed by atoms with Crippen LogP contribution < -0.4 is 4.74 Å². The predicted octanol–water partition coefficient (Wildman–Crippen LogP) is 7.79.